The molecular formula is C12H19NO2S. The SMILES string of the molecule is COc1cccc(SCCCO)c1C(C)N. The molecule has 1 atom stereocenters. The normalized spacial score (nSPS) is 12.5. The van der Waals surface area contributed by atoms with Gasteiger partial charge >= 0.3 is 0 Å². The second kappa shape index (κ2) is 6.78. The van der Waals surface area contributed by atoms with E-state index in [9.17, 15) is 0 Å². The molecule has 1 aromatic carbocycles. The molecule has 1 rings (SSSR count). The highest BCUT2D eigenvalue weighted by atomic mass is 32.2. The van der Waals surface area contributed by atoms with Gasteiger partial charge in [0, 0.05) is 28.9 Å². The van der Waals surface area contributed by atoms with E-state index in [0.29, 0.717) is 0 Å². The van der Waals surface area contributed by atoms with Crippen molar-refractivity contribution in [2.75, 3.05) is 19.5 Å². The fraction of sp³-hybridized carbons (Fsp3) is 0.500. The Kier molecular flexibility index (Phi) is 5.66. The van der Waals surface area contributed by atoms with Gasteiger partial charge in [0.15, 0.2) is 0 Å². The quantitative estimate of drug-likeness (QED) is 0.592. The van der Waals surface area contributed by atoms with Gasteiger partial charge in [-0.25, -0.2) is 0 Å². The summed E-state index contributed by atoms with van der Waals surface area (Å²) in [5.74, 6) is 1.73. The average Bonchev–Trinajstić information content (AvgIpc) is 2.28. The third-order valence-corrected chi connectivity index (χ3v) is 3.42. The number of methoxy groups -OCH3 is 1. The van der Waals surface area contributed by atoms with Crippen LogP contribution in [0.15, 0.2) is 23.1 Å². The van der Waals surface area contributed by atoms with Gasteiger partial charge in [0.25, 0.3) is 0 Å². The van der Waals surface area contributed by atoms with Crippen LogP contribution in [0.25, 0.3) is 0 Å². The van der Waals surface area contributed by atoms with Crippen LogP contribution in [0.1, 0.15) is 24.9 Å². The Morgan fingerprint density at radius 2 is 2.25 bits per heavy atom. The number of ether oxygens (including phenoxy) is 1. The van der Waals surface area contributed by atoms with Crippen LogP contribution < -0.4 is 10.5 Å². The summed E-state index contributed by atoms with van der Waals surface area (Å²) >= 11 is 1.71. The van der Waals surface area contributed by atoms with Gasteiger partial charge in [-0.05, 0) is 25.5 Å². The zero-order chi connectivity index (χ0) is 12.0. The predicted octanol–water partition coefficient (Wildman–Crippen LogP) is 2.19. The summed E-state index contributed by atoms with van der Waals surface area (Å²) in [5, 5.41) is 8.76. The molecule has 16 heavy (non-hydrogen) atoms. The van der Waals surface area contributed by atoms with Crippen molar-refractivity contribution in [2.45, 2.75) is 24.3 Å². The van der Waals surface area contributed by atoms with E-state index < -0.39 is 0 Å². The summed E-state index contributed by atoms with van der Waals surface area (Å²) < 4.78 is 5.31. The maximum absolute atomic E-state index is 8.76. The minimum Gasteiger partial charge on any atom is -0.496 e. The lowest BCUT2D eigenvalue weighted by Gasteiger charge is -2.16. The van der Waals surface area contributed by atoms with Crippen LogP contribution >= 0.6 is 11.8 Å². The number of rotatable bonds is 6. The van der Waals surface area contributed by atoms with Gasteiger partial charge < -0.3 is 15.6 Å². The number of aliphatic hydroxyl groups is 1. The topological polar surface area (TPSA) is 55.5 Å². The molecule has 0 radical (unpaired) electrons. The van der Waals surface area contributed by atoms with E-state index in [4.69, 9.17) is 15.6 Å². The van der Waals surface area contributed by atoms with Gasteiger partial charge in [-0.2, -0.15) is 0 Å². The molecule has 0 saturated carbocycles. The first kappa shape index (κ1) is 13.4. The lowest BCUT2D eigenvalue weighted by Crippen LogP contribution is -2.08. The monoisotopic (exact) mass is 241 g/mol. The Labute approximate surface area is 101 Å². The van der Waals surface area contributed by atoms with Crippen molar-refractivity contribution in [1.82, 2.24) is 0 Å². The Balaban J connectivity index is 2.89. The molecule has 0 aliphatic rings. The van der Waals surface area contributed by atoms with Gasteiger partial charge in [0.2, 0.25) is 0 Å². The second-order valence-corrected chi connectivity index (χ2v) is 4.72. The number of nitrogens with two attached hydrogens (primary N) is 1. The van der Waals surface area contributed by atoms with E-state index in [2.05, 4.69) is 0 Å². The Morgan fingerprint density at radius 3 is 2.81 bits per heavy atom. The highest BCUT2D eigenvalue weighted by molar-refractivity contribution is 7.99. The van der Waals surface area contributed by atoms with Gasteiger partial charge in [-0.1, -0.05) is 6.07 Å². The van der Waals surface area contributed by atoms with Crippen molar-refractivity contribution in [3.05, 3.63) is 23.8 Å². The summed E-state index contributed by atoms with van der Waals surface area (Å²) in [6.07, 6.45) is 0.792. The molecule has 0 bridgehead atoms. The molecule has 0 amide bonds. The average molecular weight is 241 g/mol. The van der Waals surface area contributed by atoms with Crippen molar-refractivity contribution < 1.29 is 9.84 Å². The highest BCUT2D eigenvalue weighted by Gasteiger charge is 2.12. The number of hydrogen-bond donors (Lipinski definition) is 2. The molecule has 4 heteroatoms. The zero-order valence-electron chi connectivity index (χ0n) is 9.77. The molecule has 0 aromatic heterocycles. The van der Waals surface area contributed by atoms with E-state index in [0.717, 1.165) is 28.4 Å². The molecule has 0 spiro atoms. The van der Waals surface area contributed by atoms with E-state index in [1.54, 1.807) is 18.9 Å². The van der Waals surface area contributed by atoms with E-state index in [-0.39, 0.29) is 12.6 Å². The smallest absolute Gasteiger partial charge is 0.124 e. The van der Waals surface area contributed by atoms with Crippen LogP contribution in [-0.2, 0) is 0 Å². The standard InChI is InChI=1S/C12H19NO2S/c1-9(13)12-10(15-2)5-3-6-11(12)16-8-4-7-14/h3,5-6,9,14H,4,7-8,13H2,1-2H3. The number of hydrogen-bond acceptors (Lipinski definition) is 4. The predicted molar refractivity (Wildman–Crippen MR) is 68.0 cm³/mol. The molecule has 1 unspecified atom stereocenters. The fourth-order valence-electron chi connectivity index (χ4n) is 1.52. The third kappa shape index (κ3) is 3.40. The first-order valence-electron chi connectivity index (χ1n) is 5.36. The highest BCUT2D eigenvalue weighted by Crippen LogP contribution is 2.33. The zero-order valence-corrected chi connectivity index (χ0v) is 10.6. The van der Waals surface area contributed by atoms with Gasteiger partial charge in [-0.3, -0.25) is 0 Å². The van der Waals surface area contributed by atoms with Gasteiger partial charge in [0.05, 0.1) is 7.11 Å². The number of benzene rings is 1. The fourth-order valence-corrected chi connectivity index (χ4v) is 2.63. The van der Waals surface area contributed by atoms with Crippen LogP contribution in [0.3, 0.4) is 0 Å². The maximum Gasteiger partial charge on any atom is 0.124 e. The molecular weight excluding hydrogens is 222 g/mol. The van der Waals surface area contributed by atoms with Crippen molar-refractivity contribution >= 4 is 11.8 Å². The Morgan fingerprint density at radius 1 is 1.50 bits per heavy atom. The lowest BCUT2D eigenvalue weighted by atomic mass is 10.1. The van der Waals surface area contributed by atoms with Crippen molar-refractivity contribution in [1.29, 1.82) is 0 Å². The first-order valence-corrected chi connectivity index (χ1v) is 6.35. The summed E-state index contributed by atoms with van der Waals surface area (Å²) in [6, 6.07) is 5.89. The first-order chi connectivity index (χ1) is 7.70. The van der Waals surface area contributed by atoms with Crippen LogP contribution in [0.2, 0.25) is 0 Å². The van der Waals surface area contributed by atoms with E-state index >= 15 is 0 Å². The minimum absolute atomic E-state index is 0.0484. The molecule has 90 valence electrons. The largest absolute Gasteiger partial charge is 0.496 e. The van der Waals surface area contributed by atoms with Crippen molar-refractivity contribution in [3.8, 4) is 5.75 Å². The third-order valence-electron chi connectivity index (χ3n) is 2.26. The summed E-state index contributed by atoms with van der Waals surface area (Å²) in [7, 11) is 1.66. The Bertz CT molecular complexity index is 329. The summed E-state index contributed by atoms with van der Waals surface area (Å²) in [5.41, 5.74) is 7.00. The molecule has 1 aromatic rings. The minimum atomic E-state index is -0.0484. The molecule has 3 N–H and O–H groups in total. The molecule has 0 aliphatic carbocycles. The van der Waals surface area contributed by atoms with Crippen LogP contribution in [-0.4, -0.2) is 24.6 Å². The number of thioether (sulfide) groups is 1. The summed E-state index contributed by atoms with van der Waals surface area (Å²) in [6.45, 7) is 2.18. The lowest BCUT2D eigenvalue weighted by molar-refractivity contribution is 0.296. The maximum atomic E-state index is 8.76. The van der Waals surface area contributed by atoms with Gasteiger partial charge in [0.1, 0.15) is 5.75 Å². The van der Waals surface area contributed by atoms with Crippen LogP contribution in [0.5, 0.6) is 5.75 Å². The molecule has 0 heterocycles. The van der Waals surface area contributed by atoms with Crippen molar-refractivity contribution in [3.63, 3.8) is 0 Å². The molecule has 3 nitrogen and oxygen atoms in total. The molecule has 0 saturated heterocycles. The second-order valence-electron chi connectivity index (χ2n) is 3.59. The number of aliphatic hydroxyl groups excluding tert-OH is 1. The van der Waals surface area contributed by atoms with E-state index in [1.807, 2.05) is 25.1 Å². The molecule has 0 aliphatic heterocycles. The van der Waals surface area contributed by atoms with Gasteiger partial charge in [-0.15, -0.1) is 11.8 Å². The van der Waals surface area contributed by atoms with Crippen LogP contribution in [0, 0.1) is 0 Å². The summed E-state index contributed by atoms with van der Waals surface area (Å²) in [4.78, 5) is 1.14. The van der Waals surface area contributed by atoms with E-state index in [1.165, 1.54) is 0 Å². The Hall–Kier alpha value is -0.710. The van der Waals surface area contributed by atoms with Crippen molar-refractivity contribution in [2.24, 2.45) is 5.73 Å². The van der Waals surface area contributed by atoms with Crippen LogP contribution in [0.4, 0.5) is 0 Å². The molecule has 0 fully saturated rings.